The van der Waals surface area contributed by atoms with Crippen molar-refractivity contribution in [2.45, 2.75) is 44.5 Å². The number of methoxy groups -OCH3 is 1. The van der Waals surface area contributed by atoms with Crippen LogP contribution in [0.3, 0.4) is 0 Å². The molecule has 1 aromatic rings. The predicted octanol–water partition coefficient (Wildman–Crippen LogP) is 3.30. The van der Waals surface area contributed by atoms with E-state index in [-0.39, 0.29) is 0 Å². The predicted molar refractivity (Wildman–Crippen MR) is 77.8 cm³/mol. The van der Waals surface area contributed by atoms with Crippen LogP contribution in [-0.2, 0) is 17.3 Å². The molecule has 102 valence electrons. The second-order valence-corrected chi connectivity index (χ2v) is 10.5. The van der Waals surface area contributed by atoms with Crippen molar-refractivity contribution >= 4 is 8.32 Å². The summed E-state index contributed by atoms with van der Waals surface area (Å²) in [6.07, 6.45) is 2.26. The molecular formula is C15H21NO2Si. The zero-order chi connectivity index (χ0) is 14.1. The summed E-state index contributed by atoms with van der Waals surface area (Å²) < 4.78 is 11.6. The minimum absolute atomic E-state index is 0.649. The van der Waals surface area contributed by atoms with E-state index in [0.29, 0.717) is 6.42 Å². The molecule has 3 nitrogen and oxygen atoms in total. The highest BCUT2D eigenvalue weighted by atomic mass is 28.4. The Kier molecular flexibility index (Phi) is 3.70. The van der Waals surface area contributed by atoms with E-state index >= 15 is 0 Å². The SMILES string of the molecule is COc1cccc2c1CC[C@@](C#N)(O[Si](C)(C)C)C2. The Bertz CT molecular complexity index is 516. The summed E-state index contributed by atoms with van der Waals surface area (Å²) in [4.78, 5) is 0. The van der Waals surface area contributed by atoms with Crippen LogP contribution in [0, 0.1) is 11.3 Å². The third-order valence-corrected chi connectivity index (χ3v) is 4.41. The summed E-state index contributed by atoms with van der Waals surface area (Å²) in [5.41, 5.74) is 1.77. The molecule has 1 atom stereocenters. The van der Waals surface area contributed by atoms with Gasteiger partial charge in [0.1, 0.15) is 11.4 Å². The van der Waals surface area contributed by atoms with Gasteiger partial charge in [0.25, 0.3) is 0 Å². The van der Waals surface area contributed by atoms with Crippen molar-refractivity contribution < 1.29 is 9.16 Å². The van der Waals surface area contributed by atoms with E-state index in [4.69, 9.17) is 9.16 Å². The minimum Gasteiger partial charge on any atom is -0.496 e. The number of benzene rings is 1. The number of nitrogens with zero attached hydrogens (tertiary/aromatic N) is 1. The highest BCUT2D eigenvalue weighted by Crippen LogP contribution is 2.37. The Hall–Kier alpha value is -1.31. The molecule has 0 saturated heterocycles. The first-order valence-electron chi connectivity index (χ1n) is 6.65. The van der Waals surface area contributed by atoms with Crippen LogP contribution < -0.4 is 4.74 Å². The monoisotopic (exact) mass is 275 g/mol. The normalized spacial score (nSPS) is 22.5. The Labute approximate surface area is 116 Å². The van der Waals surface area contributed by atoms with Crippen LogP contribution in [0.1, 0.15) is 17.5 Å². The maximum atomic E-state index is 9.57. The first-order chi connectivity index (χ1) is 8.89. The largest absolute Gasteiger partial charge is 0.496 e. The molecule has 19 heavy (non-hydrogen) atoms. The van der Waals surface area contributed by atoms with E-state index in [1.165, 1.54) is 11.1 Å². The standard InChI is InChI=1S/C15H21NO2Si/c1-17-14-7-5-6-12-10-15(11-16,9-8-13(12)14)18-19(2,3)4/h5-7H,8-10H2,1-4H3/t15-/m1/s1. The summed E-state index contributed by atoms with van der Waals surface area (Å²) in [6, 6.07) is 8.47. The number of ether oxygens (including phenoxy) is 1. The molecule has 4 heteroatoms. The first kappa shape index (κ1) is 14.1. The average Bonchev–Trinajstić information content (AvgIpc) is 2.35. The molecule has 0 spiro atoms. The fourth-order valence-corrected chi connectivity index (χ4v) is 4.16. The van der Waals surface area contributed by atoms with Crippen LogP contribution >= 0.6 is 0 Å². The lowest BCUT2D eigenvalue weighted by molar-refractivity contribution is 0.103. The van der Waals surface area contributed by atoms with Crippen molar-refractivity contribution in [1.82, 2.24) is 0 Å². The molecule has 0 aliphatic heterocycles. The molecule has 0 heterocycles. The summed E-state index contributed by atoms with van der Waals surface area (Å²) in [6.45, 7) is 6.40. The van der Waals surface area contributed by atoms with Gasteiger partial charge in [-0.15, -0.1) is 0 Å². The lowest BCUT2D eigenvalue weighted by Gasteiger charge is -2.37. The number of hydrogen-bond donors (Lipinski definition) is 0. The van der Waals surface area contributed by atoms with Crippen LogP contribution in [0.4, 0.5) is 0 Å². The fraction of sp³-hybridized carbons (Fsp3) is 0.533. The van der Waals surface area contributed by atoms with Gasteiger partial charge in [-0.2, -0.15) is 5.26 Å². The molecule has 0 unspecified atom stereocenters. The highest BCUT2D eigenvalue weighted by molar-refractivity contribution is 6.69. The lowest BCUT2D eigenvalue weighted by Crippen LogP contribution is -2.45. The molecule has 1 aromatic carbocycles. The Morgan fingerprint density at radius 3 is 2.63 bits per heavy atom. The second-order valence-electron chi connectivity index (χ2n) is 6.10. The van der Waals surface area contributed by atoms with E-state index in [9.17, 15) is 5.26 Å². The van der Waals surface area contributed by atoms with Gasteiger partial charge in [0.15, 0.2) is 8.32 Å². The van der Waals surface area contributed by atoms with Gasteiger partial charge in [-0.1, -0.05) is 12.1 Å². The fourth-order valence-electron chi connectivity index (χ4n) is 2.77. The van der Waals surface area contributed by atoms with Gasteiger partial charge in [-0.25, -0.2) is 0 Å². The van der Waals surface area contributed by atoms with E-state index in [0.717, 1.165) is 18.6 Å². The molecule has 1 aliphatic rings. The van der Waals surface area contributed by atoms with Gasteiger partial charge in [0, 0.05) is 6.42 Å². The molecule has 2 rings (SSSR count). The van der Waals surface area contributed by atoms with Gasteiger partial charge < -0.3 is 9.16 Å². The molecule has 0 amide bonds. The van der Waals surface area contributed by atoms with Gasteiger partial charge in [-0.05, 0) is 49.7 Å². The highest BCUT2D eigenvalue weighted by Gasteiger charge is 2.40. The maximum Gasteiger partial charge on any atom is 0.185 e. The van der Waals surface area contributed by atoms with Crippen LogP contribution in [0.5, 0.6) is 5.75 Å². The van der Waals surface area contributed by atoms with Crippen molar-refractivity contribution in [2.24, 2.45) is 0 Å². The Morgan fingerprint density at radius 1 is 1.32 bits per heavy atom. The summed E-state index contributed by atoms with van der Waals surface area (Å²) in [5, 5.41) is 9.57. The van der Waals surface area contributed by atoms with E-state index in [1.807, 2.05) is 12.1 Å². The Morgan fingerprint density at radius 2 is 2.05 bits per heavy atom. The zero-order valence-corrected chi connectivity index (χ0v) is 13.1. The van der Waals surface area contributed by atoms with Crippen LogP contribution in [0.2, 0.25) is 19.6 Å². The topological polar surface area (TPSA) is 42.2 Å². The summed E-state index contributed by atoms with van der Waals surface area (Å²) >= 11 is 0. The number of hydrogen-bond acceptors (Lipinski definition) is 3. The lowest BCUT2D eigenvalue weighted by atomic mass is 9.81. The van der Waals surface area contributed by atoms with Gasteiger partial charge in [0.2, 0.25) is 0 Å². The molecule has 0 bridgehead atoms. The van der Waals surface area contributed by atoms with Crippen LogP contribution in [-0.4, -0.2) is 21.0 Å². The van der Waals surface area contributed by atoms with Gasteiger partial charge in [-0.3, -0.25) is 0 Å². The van der Waals surface area contributed by atoms with E-state index < -0.39 is 13.9 Å². The number of rotatable bonds is 3. The van der Waals surface area contributed by atoms with E-state index in [2.05, 4.69) is 31.8 Å². The quantitative estimate of drug-likeness (QED) is 0.795. The van der Waals surface area contributed by atoms with Gasteiger partial charge in [0.05, 0.1) is 13.2 Å². The van der Waals surface area contributed by atoms with Crippen molar-refractivity contribution in [2.75, 3.05) is 7.11 Å². The van der Waals surface area contributed by atoms with Crippen molar-refractivity contribution in [1.29, 1.82) is 5.26 Å². The minimum atomic E-state index is -1.73. The van der Waals surface area contributed by atoms with E-state index in [1.54, 1.807) is 7.11 Å². The summed E-state index contributed by atoms with van der Waals surface area (Å²) in [7, 11) is -0.0401. The second kappa shape index (κ2) is 4.99. The smallest absolute Gasteiger partial charge is 0.185 e. The average molecular weight is 275 g/mol. The first-order valence-corrected chi connectivity index (χ1v) is 10.1. The van der Waals surface area contributed by atoms with Crippen LogP contribution in [0.15, 0.2) is 18.2 Å². The third kappa shape index (κ3) is 2.99. The molecule has 0 fully saturated rings. The van der Waals surface area contributed by atoms with Crippen molar-refractivity contribution in [3.05, 3.63) is 29.3 Å². The van der Waals surface area contributed by atoms with Crippen LogP contribution in [0.25, 0.3) is 0 Å². The molecule has 0 saturated carbocycles. The number of nitriles is 1. The maximum absolute atomic E-state index is 9.57. The zero-order valence-electron chi connectivity index (χ0n) is 12.1. The number of fused-ring (bicyclic) bond motifs is 1. The summed E-state index contributed by atoms with van der Waals surface area (Å²) in [5.74, 6) is 0.928. The molecule has 0 aromatic heterocycles. The molecule has 0 N–H and O–H groups in total. The van der Waals surface area contributed by atoms with Gasteiger partial charge >= 0.3 is 0 Å². The molecule has 0 radical (unpaired) electrons. The molecular weight excluding hydrogens is 254 g/mol. The Balaban J connectivity index is 2.33. The van der Waals surface area contributed by atoms with Crippen molar-refractivity contribution in [3.63, 3.8) is 0 Å². The molecule has 1 aliphatic carbocycles. The third-order valence-electron chi connectivity index (χ3n) is 3.41. The van der Waals surface area contributed by atoms with Crippen molar-refractivity contribution in [3.8, 4) is 11.8 Å².